The van der Waals surface area contributed by atoms with Crippen molar-refractivity contribution in [3.05, 3.63) is 21.9 Å². The molecular weight excluding hydrogens is 226 g/mol. The average Bonchev–Trinajstić information content (AvgIpc) is 2.85. The van der Waals surface area contributed by atoms with Crippen LogP contribution < -0.4 is 0 Å². The molecule has 3 rings (SSSR count). The van der Waals surface area contributed by atoms with Gasteiger partial charge in [-0.15, -0.1) is 11.3 Å². The summed E-state index contributed by atoms with van der Waals surface area (Å²) < 4.78 is 0. The van der Waals surface area contributed by atoms with Crippen molar-refractivity contribution in [1.29, 1.82) is 0 Å². The highest BCUT2D eigenvalue weighted by Crippen LogP contribution is 2.31. The molecule has 0 radical (unpaired) electrons. The summed E-state index contributed by atoms with van der Waals surface area (Å²) in [5, 5.41) is 1.88. The molecule has 0 N–H and O–H groups in total. The normalized spacial score (nSPS) is 24.4. The number of hydrogen-bond acceptors (Lipinski definition) is 4. The van der Waals surface area contributed by atoms with E-state index in [4.69, 9.17) is 0 Å². The van der Waals surface area contributed by atoms with Gasteiger partial charge in [0.05, 0.1) is 24.6 Å². The third-order valence-electron chi connectivity index (χ3n) is 3.09. The largest absolute Gasteiger partial charge is 0.323 e. The van der Waals surface area contributed by atoms with Crippen LogP contribution in [-0.4, -0.2) is 28.4 Å². The molecule has 1 aromatic rings. The SMILES string of the molecule is O=C1CC(=O)C(N2Cc3sccc3C2=O)C1. The maximum atomic E-state index is 12.0. The van der Waals surface area contributed by atoms with E-state index in [0.717, 1.165) is 4.88 Å². The molecule has 2 heterocycles. The van der Waals surface area contributed by atoms with Gasteiger partial charge in [-0.25, -0.2) is 0 Å². The number of thiophene rings is 1. The summed E-state index contributed by atoms with van der Waals surface area (Å²) in [6, 6.07) is 1.27. The smallest absolute Gasteiger partial charge is 0.256 e. The molecule has 1 amide bonds. The van der Waals surface area contributed by atoms with Crippen LogP contribution in [0.15, 0.2) is 11.4 Å². The van der Waals surface area contributed by atoms with Gasteiger partial charge in [0.2, 0.25) is 0 Å². The maximum Gasteiger partial charge on any atom is 0.256 e. The third-order valence-corrected chi connectivity index (χ3v) is 4.00. The Morgan fingerprint density at radius 3 is 2.75 bits per heavy atom. The number of nitrogens with zero attached hydrogens (tertiary/aromatic N) is 1. The van der Waals surface area contributed by atoms with Crippen LogP contribution in [0.1, 0.15) is 28.1 Å². The first-order valence-electron chi connectivity index (χ1n) is 5.08. The van der Waals surface area contributed by atoms with Crippen LogP contribution in [0.2, 0.25) is 0 Å². The first kappa shape index (κ1) is 9.72. The number of ketones is 2. The zero-order valence-electron chi connectivity index (χ0n) is 8.43. The van der Waals surface area contributed by atoms with Gasteiger partial charge in [0.25, 0.3) is 5.91 Å². The fraction of sp³-hybridized carbons (Fsp3) is 0.364. The molecule has 16 heavy (non-hydrogen) atoms. The summed E-state index contributed by atoms with van der Waals surface area (Å²) >= 11 is 1.52. The van der Waals surface area contributed by atoms with Crippen molar-refractivity contribution in [2.45, 2.75) is 25.4 Å². The number of Topliss-reactive ketones (excluding diaryl/α,β-unsaturated/α-hetero) is 2. The molecule has 0 aromatic carbocycles. The highest BCUT2D eigenvalue weighted by atomic mass is 32.1. The molecule has 5 heteroatoms. The molecule has 82 valence electrons. The quantitative estimate of drug-likeness (QED) is 0.682. The summed E-state index contributed by atoms with van der Waals surface area (Å²) in [4.78, 5) is 37.3. The summed E-state index contributed by atoms with van der Waals surface area (Å²) in [7, 11) is 0. The number of hydrogen-bond donors (Lipinski definition) is 0. The van der Waals surface area contributed by atoms with Gasteiger partial charge in [-0.05, 0) is 11.4 Å². The minimum absolute atomic E-state index is 0.0118. The van der Waals surface area contributed by atoms with E-state index < -0.39 is 6.04 Å². The fourth-order valence-electron chi connectivity index (χ4n) is 2.28. The average molecular weight is 235 g/mol. The van der Waals surface area contributed by atoms with Crippen LogP contribution in [-0.2, 0) is 16.1 Å². The fourth-order valence-corrected chi connectivity index (χ4v) is 3.15. The number of fused-ring (bicyclic) bond motifs is 1. The molecule has 0 saturated heterocycles. The first-order chi connectivity index (χ1) is 7.66. The highest BCUT2D eigenvalue weighted by molar-refractivity contribution is 7.10. The monoisotopic (exact) mass is 235 g/mol. The maximum absolute atomic E-state index is 12.0. The lowest BCUT2D eigenvalue weighted by Gasteiger charge is -2.21. The van der Waals surface area contributed by atoms with Gasteiger partial charge in [0, 0.05) is 11.3 Å². The molecule has 1 aliphatic carbocycles. The number of amides is 1. The lowest BCUT2D eigenvalue weighted by atomic mass is 10.2. The Balaban J connectivity index is 1.89. The van der Waals surface area contributed by atoms with E-state index in [1.54, 1.807) is 6.07 Å². The highest BCUT2D eigenvalue weighted by Gasteiger charge is 2.41. The van der Waals surface area contributed by atoms with E-state index in [9.17, 15) is 14.4 Å². The Labute approximate surface area is 95.9 Å². The van der Waals surface area contributed by atoms with Crippen molar-refractivity contribution in [1.82, 2.24) is 4.90 Å². The second-order valence-corrected chi connectivity index (χ2v) is 5.09. The van der Waals surface area contributed by atoms with Crippen LogP contribution in [0, 0.1) is 0 Å². The van der Waals surface area contributed by atoms with Crippen molar-refractivity contribution < 1.29 is 14.4 Å². The van der Waals surface area contributed by atoms with Gasteiger partial charge >= 0.3 is 0 Å². The topological polar surface area (TPSA) is 54.5 Å². The van der Waals surface area contributed by atoms with E-state index in [1.807, 2.05) is 5.38 Å². The third kappa shape index (κ3) is 1.24. The Hall–Kier alpha value is -1.49. The molecule has 0 bridgehead atoms. The molecule has 1 aromatic heterocycles. The van der Waals surface area contributed by atoms with Gasteiger partial charge in [0.15, 0.2) is 5.78 Å². The van der Waals surface area contributed by atoms with Gasteiger partial charge in [-0.2, -0.15) is 0 Å². The minimum atomic E-state index is -0.514. The molecule has 1 aliphatic heterocycles. The van der Waals surface area contributed by atoms with Crippen molar-refractivity contribution in [3.63, 3.8) is 0 Å². The van der Waals surface area contributed by atoms with Crippen molar-refractivity contribution >= 4 is 28.8 Å². The molecule has 1 unspecified atom stereocenters. The number of rotatable bonds is 1. The lowest BCUT2D eigenvalue weighted by molar-refractivity contribution is -0.123. The van der Waals surface area contributed by atoms with E-state index in [0.29, 0.717) is 12.1 Å². The first-order valence-corrected chi connectivity index (χ1v) is 5.96. The van der Waals surface area contributed by atoms with Crippen molar-refractivity contribution in [2.24, 2.45) is 0 Å². The zero-order chi connectivity index (χ0) is 11.3. The second kappa shape index (κ2) is 3.25. The van der Waals surface area contributed by atoms with Crippen molar-refractivity contribution in [3.8, 4) is 0 Å². The standard InChI is InChI=1S/C11H9NO3S/c13-6-3-8(9(14)4-6)12-5-10-7(11(12)15)1-2-16-10/h1-2,8H,3-5H2. The van der Waals surface area contributed by atoms with Crippen LogP contribution in [0.4, 0.5) is 0 Å². The molecule has 2 aliphatic rings. The van der Waals surface area contributed by atoms with Gasteiger partial charge in [-0.1, -0.05) is 0 Å². The number of carbonyl (C=O) groups is 3. The Kier molecular flexibility index (Phi) is 1.97. The van der Waals surface area contributed by atoms with Crippen LogP contribution in [0.25, 0.3) is 0 Å². The second-order valence-electron chi connectivity index (χ2n) is 4.09. The Morgan fingerprint density at radius 2 is 2.12 bits per heavy atom. The molecular formula is C11H9NO3S. The van der Waals surface area contributed by atoms with E-state index in [2.05, 4.69) is 0 Å². The van der Waals surface area contributed by atoms with Gasteiger partial charge < -0.3 is 4.90 Å². The summed E-state index contributed by atoms with van der Waals surface area (Å²) in [6.45, 7) is 0.482. The van der Waals surface area contributed by atoms with Crippen LogP contribution >= 0.6 is 11.3 Å². The summed E-state index contributed by atoms with van der Waals surface area (Å²) in [5.74, 6) is -0.282. The summed E-state index contributed by atoms with van der Waals surface area (Å²) in [5.41, 5.74) is 0.692. The number of carbonyl (C=O) groups excluding carboxylic acids is 3. The molecule has 4 nitrogen and oxygen atoms in total. The lowest BCUT2D eigenvalue weighted by Crippen LogP contribution is -2.38. The van der Waals surface area contributed by atoms with Crippen LogP contribution in [0.3, 0.4) is 0 Å². The van der Waals surface area contributed by atoms with Gasteiger partial charge in [-0.3, -0.25) is 14.4 Å². The summed E-state index contributed by atoms with van der Waals surface area (Å²) in [6.07, 6.45) is 0.182. The molecule has 0 spiro atoms. The van der Waals surface area contributed by atoms with Gasteiger partial charge in [0.1, 0.15) is 5.78 Å². The minimum Gasteiger partial charge on any atom is -0.323 e. The molecule has 1 fully saturated rings. The van der Waals surface area contributed by atoms with E-state index >= 15 is 0 Å². The molecule has 1 atom stereocenters. The van der Waals surface area contributed by atoms with Crippen molar-refractivity contribution in [2.75, 3.05) is 0 Å². The predicted octanol–water partition coefficient (Wildman–Crippen LogP) is 1.00. The van der Waals surface area contributed by atoms with Crippen LogP contribution in [0.5, 0.6) is 0 Å². The Bertz CT molecular complexity index is 505. The molecule has 1 saturated carbocycles. The Morgan fingerprint density at radius 1 is 1.31 bits per heavy atom. The zero-order valence-corrected chi connectivity index (χ0v) is 9.25. The van der Waals surface area contributed by atoms with E-state index in [1.165, 1.54) is 16.2 Å². The predicted molar refractivity (Wildman–Crippen MR) is 57.2 cm³/mol. The van der Waals surface area contributed by atoms with E-state index in [-0.39, 0.29) is 30.3 Å².